The minimum Gasteiger partial charge on any atom is -0.471 e. The number of ether oxygens (including phenoxy) is 2. The molecule has 0 radical (unpaired) electrons. The molecule has 1 saturated heterocycles. The van der Waals surface area contributed by atoms with Crippen molar-refractivity contribution >= 4 is 23.3 Å². The Bertz CT molecular complexity index is 1160. The van der Waals surface area contributed by atoms with Crippen LogP contribution < -0.4 is 30.5 Å². The van der Waals surface area contributed by atoms with Crippen LogP contribution in [0.2, 0.25) is 0 Å². The molecule has 3 heterocycles. The fraction of sp³-hybridized carbons (Fsp3) is 0.200. The summed E-state index contributed by atoms with van der Waals surface area (Å²) in [7, 11) is 0. The smallest absolute Gasteiger partial charge is 0.387 e. The van der Waals surface area contributed by atoms with E-state index in [2.05, 4.69) is 25.8 Å². The van der Waals surface area contributed by atoms with Gasteiger partial charge >= 0.3 is 12.6 Å². The lowest BCUT2D eigenvalue weighted by Gasteiger charge is -2.36. The summed E-state index contributed by atoms with van der Waals surface area (Å²) in [5.41, 5.74) is 5.70. The van der Waals surface area contributed by atoms with Crippen molar-refractivity contribution in [1.29, 1.82) is 5.26 Å². The minimum absolute atomic E-state index is 0.139. The van der Waals surface area contributed by atoms with Crippen LogP contribution in [0.5, 0.6) is 11.5 Å². The Kier molecular flexibility index (Phi) is 4.30. The van der Waals surface area contributed by atoms with Gasteiger partial charge in [0.2, 0.25) is 0 Å². The van der Waals surface area contributed by atoms with E-state index in [4.69, 9.17) is 9.57 Å². The molecule has 2 aromatic rings. The van der Waals surface area contributed by atoms with Gasteiger partial charge in [-0.15, -0.1) is 0 Å². The highest BCUT2D eigenvalue weighted by molar-refractivity contribution is 5.85. The standard InChI is InChI=1S/C20H16F2N6O3/c1-11-9-25-20(26-13-4-12(8-23)5-15(6-13)30-19(21)22)28(18(11)27-31-20)14-2-3-17-16(7-14)24-10-29-17/h2-7,9,19,24,26-27H,10H2,1H3. The van der Waals surface area contributed by atoms with Crippen LogP contribution in [0.25, 0.3) is 0 Å². The fourth-order valence-corrected chi connectivity index (χ4v) is 3.57. The second kappa shape index (κ2) is 7.03. The first kappa shape index (κ1) is 19.0. The summed E-state index contributed by atoms with van der Waals surface area (Å²) in [6.45, 7) is -0.770. The van der Waals surface area contributed by atoms with Crippen LogP contribution in [0.3, 0.4) is 0 Å². The van der Waals surface area contributed by atoms with E-state index in [1.165, 1.54) is 18.2 Å². The molecule has 9 nitrogen and oxygen atoms in total. The maximum Gasteiger partial charge on any atom is 0.387 e. The Hall–Kier alpha value is -4.04. The highest BCUT2D eigenvalue weighted by Crippen LogP contribution is 2.42. The van der Waals surface area contributed by atoms with Gasteiger partial charge in [0, 0.05) is 23.5 Å². The second-order valence-electron chi connectivity index (χ2n) is 6.94. The van der Waals surface area contributed by atoms with Gasteiger partial charge in [0.05, 0.1) is 23.0 Å². The number of benzene rings is 2. The van der Waals surface area contributed by atoms with Crippen LogP contribution in [0.4, 0.5) is 25.8 Å². The van der Waals surface area contributed by atoms with Crippen LogP contribution in [0, 0.1) is 11.3 Å². The lowest BCUT2D eigenvalue weighted by Crippen LogP contribution is -2.51. The second-order valence-corrected chi connectivity index (χ2v) is 6.94. The van der Waals surface area contributed by atoms with Gasteiger partial charge in [-0.3, -0.25) is 4.90 Å². The number of hydrogen-bond donors (Lipinski definition) is 3. The van der Waals surface area contributed by atoms with Crippen LogP contribution in [-0.4, -0.2) is 25.5 Å². The number of alkyl halides is 2. The molecule has 3 aliphatic rings. The quantitative estimate of drug-likeness (QED) is 0.669. The third kappa shape index (κ3) is 3.23. The zero-order valence-electron chi connectivity index (χ0n) is 16.1. The van der Waals surface area contributed by atoms with Gasteiger partial charge in [-0.25, -0.2) is 15.3 Å². The van der Waals surface area contributed by atoms with E-state index in [1.54, 1.807) is 11.1 Å². The number of halogens is 2. The molecule has 0 aliphatic carbocycles. The zero-order chi connectivity index (χ0) is 21.6. The molecule has 0 amide bonds. The third-order valence-electron chi connectivity index (χ3n) is 4.90. The number of nitrogens with zero attached hydrogens (tertiary/aromatic N) is 3. The number of hydrogen-bond acceptors (Lipinski definition) is 9. The maximum absolute atomic E-state index is 12.7. The van der Waals surface area contributed by atoms with E-state index in [1.807, 2.05) is 31.2 Å². The average molecular weight is 426 g/mol. The van der Waals surface area contributed by atoms with Crippen molar-refractivity contribution in [2.24, 2.45) is 4.99 Å². The van der Waals surface area contributed by atoms with Crippen LogP contribution >= 0.6 is 0 Å². The molecule has 1 fully saturated rings. The molecule has 11 heteroatoms. The van der Waals surface area contributed by atoms with Crippen molar-refractivity contribution in [2.45, 2.75) is 19.5 Å². The highest BCUT2D eigenvalue weighted by atomic mass is 19.3. The molecular weight excluding hydrogens is 410 g/mol. The molecule has 31 heavy (non-hydrogen) atoms. The molecule has 2 bridgehead atoms. The van der Waals surface area contributed by atoms with Crippen LogP contribution in [0.15, 0.2) is 52.8 Å². The Balaban J connectivity index is 1.55. The number of hydroxylamine groups is 1. The first-order chi connectivity index (χ1) is 15.0. The predicted octanol–water partition coefficient (Wildman–Crippen LogP) is 3.30. The monoisotopic (exact) mass is 426 g/mol. The highest BCUT2D eigenvalue weighted by Gasteiger charge is 2.49. The first-order valence-electron chi connectivity index (χ1n) is 9.27. The molecule has 0 spiro atoms. The average Bonchev–Trinajstić information content (AvgIpc) is 3.31. The topological polar surface area (TPSA) is 103 Å². The largest absolute Gasteiger partial charge is 0.471 e. The van der Waals surface area contributed by atoms with E-state index in [0.717, 1.165) is 22.7 Å². The number of nitriles is 1. The number of nitrogens with one attached hydrogen (secondary N) is 3. The van der Waals surface area contributed by atoms with Crippen LogP contribution in [-0.2, 0) is 4.84 Å². The minimum atomic E-state index is -3.02. The van der Waals surface area contributed by atoms with Gasteiger partial charge in [-0.05, 0) is 37.3 Å². The van der Waals surface area contributed by atoms with E-state index < -0.39 is 12.6 Å². The lowest BCUT2D eigenvalue weighted by molar-refractivity contribution is -0.0498. The van der Waals surface area contributed by atoms with Crippen molar-refractivity contribution < 1.29 is 23.1 Å². The van der Waals surface area contributed by atoms with E-state index >= 15 is 0 Å². The molecule has 158 valence electrons. The summed E-state index contributed by atoms with van der Waals surface area (Å²) >= 11 is 0. The first-order valence-corrected chi connectivity index (χ1v) is 9.27. The van der Waals surface area contributed by atoms with Crippen molar-refractivity contribution in [3.63, 3.8) is 0 Å². The normalized spacial score (nSPS) is 20.7. The van der Waals surface area contributed by atoms with Gasteiger partial charge < -0.3 is 20.1 Å². The Morgan fingerprint density at radius 1 is 1.32 bits per heavy atom. The zero-order valence-corrected chi connectivity index (χ0v) is 16.1. The third-order valence-corrected chi connectivity index (χ3v) is 4.90. The maximum atomic E-state index is 12.7. The van der Waals surface area contributed by atoms with Crippen molar-refractivity contribution in [3.8, 4) is 17.6 Å². The number of aliphatic imine (C=N–C) groups is 1. The molecule has 5 rings (SSSR count). The Labute approximate surface area is 175 Å². The van der Waals surface area contributed by atoms with Crippen molar-refractivity contribution in [1.82, 2.24) is 5.48 Å². The summed E-state index contributed by atoms with van der Waals surface area (Å²) < 4.78 is 35.4. The predicted molar refractivity (Wildman–Crippen MR) is 108 cm³/mol. The molecular formula is C20H16F2N6O3. The molecule has 3 aliphatic heterocycles. The summed E-state index contributed by atoms with van der Waals surface area (Å²) in [4.78, 5) is 12.1. The van der Waals surface area contributed by atoms with Crippen molar-refractivity contribution in [2.75, 3.05) is 22.3 Å². The molecule has 0 saturated carbocycles. The van der Waals surface area contributed by atoms with Gasteiger partial charge in [0.1, 0.15) is 17.3 Å². The van der Waals surface area contributed by atoms with Crippen LogP contribution in [0.1, 0.15) is 12.5 Å². The SMILES string of the molecule is CC1=C2NOC(Nc3cc(C#N)cc(OC(F)F)c3)(N=C1)N2c1ccc2c(c1)NCO2. The van der Waals surface area contributed by atoms with E-state index in [-0.39, 0.29) is 11.3 Å². The lowest BCUT2D eigenvalue weighted by atomic mass is 10.1. The van der Waals surface area contributed by atoms with Gasteiger partial charge in [-0.2, -0.15) is 14.0 Å². The number of allylic oxidation sites excluding steroid dienone is 1. The Morgan fingerprint density at radius 3 is 3.00 bits per heavy atom. The summed E-state index contributed by atoms with van der Waals surface area (Å²) in [6, 6.07) is 11.6. The summed E-state index contributed by atoms with van der Waals surface area (Å²) in [5, 5.41) is 15.5. The molecule has 0 aromatic heterocycles. The number of rotatable bonds is 5. The molecule has 2 aromatic carbocycles. The fourth-order valence-electron chi connectivity index (χ4n) is 3.57. The van der Waals surface area contributed by atoms with Gasteiger partial charge in [0.15, 0.2) is 6.73 Å². The number of anilines is 3. The van der Waals surface area contributed by atoms with Gasteiger partial charge in [0.25, 0.3) is 0 Å². The molecule has 1 atom stereocenters. The molecule has 1 unspecified atom stereocenters. The van der Waals surface area contributed by atoms with E-state index in [0.29, 0.717) is 18.2 Å². The van der Waals surface area contributed by atoms with Crippen molar-refractivity contribution in [3.05, 3.63) is 53.4 Å². The van der Waals surface area contributed by atoms with E-state index in [9.17, 15) is 14.0 Å². The summed E-state index contributed by atoms with van der Waals surface area (Å²) in [6.07, 6.45) is 1.64. The van der Waals surface area contributed by atoms with Gasteiger partial charge in [-0.1, -0.05) is 0 Å². The Morgan fingerprint density at radius 2 is 2.19 bits per heavy atom. The summed E-state index contributed by atoms with van der Waals surface area (Å²) in [5.74, 6) is -0.231. The molecule has 3 N–H and O–H groups in total. The number of fused-ring (bicyclic) bond motifs is 3.